The smallest absolute Gasteiger partial charge is 0.288 e. The van der Waals surface area contributed by atoms with E-state index < -0.39 is 4.92 Å². The molecule has 5 nitrogen and oxygen atoms in total. The number of nitro groups is 1. The van der Waals surface area contributed by atoms with E-state index in [-0.39, 0.29) is 22.2 Å². The van der Waals surface area contributed by atoms with Crippen LogP contribution in [0, 0.1) is 22.0 Å². The minimum atomic E-state index is -0.586. The Bertz CT molecular complexity index is 533. The minimum absolute atomic E-state index is 0.102. The highest BCUT2D eigenvalue weighted by Gasteiger charge is 2.23. The number of hydrogen-bond acceptors (Lipinski definition) is 3. The van der Waals surface area contributed by atoms with Crippen molar-refractivity contribution < 1.29 is 9.72 Å². The lowest BCUT2D eigenvalue weighted by atomic mass is 10.1. The van der Waals surface area contributed by atoms with Crippen LogP contribution in [0.1, 0.15) is 36.5 Å². The van der Waals surface area contributed by atoms with E-state index in [0.717, 1.165) is 12.8 Å². The second kappa shape index (κ2) is 6.22. The first-order chi connectivity index (χ1) is 9.49. The number of nitrogens with one attached hydrogen (secondary N) is 1. The van der Waals surface area contributed by atoms with Crippen molar-refractivity contribution in [1.82, 2.24) is 5.32 Å². The summed E-state index contributed by atoms with van der Waals surface area (Å²) in [5.74, 6) is 0.850. The summed E-state index contributed by atoms with van der Waals surface area (Å²) in [5, 5.41) is 13.5. The predicted octanol–water partition coefficient (Wildman–Crippen LogP) is 3.41. The molecule has 0 saturated heterocycles. The maximum atomic E-state index is 12.1. The summed E-state index contributed by atoms with van der Waals surface area (Å²) in [4.78, 5) is 22.3. The fourth-order valence-corrected chi connectivity index (χ4v) is 2.96. The third-order valence-electron chi connectivity index (χ3n) is 3.77. The van der Waals surface area contributed by atoms with E-state index in [2.05, 4.69) is 12.2 Å². The molecule has 6 heteroatoms. The zero-order chi connectivity index (χ0) is 14.7. The second-order valence-corrected chi connectivity index (χ2v) is 5.77. The molecule has 0 heterocycles. The van der Waals surface area contributed by atoms with Crippen molar-refractivity contribution in [3.05, 3.63) is 38.9 Å². The first kappa shape index (κ1) is 14.8. The number of nitro benzene ring substituents is 1. The van der Waals surface area contributed by atoms with E-state index in [0.29, 0.717) is 18.4 Å². The van der Waals surface area contributed by atoms with Crippen molar-refractivity contribution >= 4 is 23.2 Å². The normalized spacial score (nSPS) is 21.7. The molecule has 2 atom stereocenters. The van der Waals surface area contributed by atoms with Gasteiger partial charge in [0, 0.05) is 12.6 Å². The van der Waals surface area contributed by atoms with Crippen LogP contribution in [0.15, 0.2) is 18.2 Å². The Balaban J connectivity index is 2.02. The standard InChI is InChI=1S/C14H17ClN2O3/c1-9-5-6-10(7-9)8-16-14(18)11-3-2-4-12(13(11)15)17(19)20/h2-4,9-10H,5-8H2,1H3,(H,16,18). The second-order valence-electron chi connectivity index (χ2n) is 5.39. The average molecular weight is 297 g/mol. The zero-order valence-corrected chi connectivity index (χ0v) is 12.0. The Morgan fingerprint density at radius 1 is 1.50 bits per heavy atom. The van der Waals surface area contributed by atoms with Crippen LogP contribution in [0.25, 0.3) is 0 Å². The molecule has 108 valence electrons. The SMILES string of the molecule is CC1CCC(CNC(=O)c2cccc([N+](=O)[O-])c2Cl)C1. The summed E-state index contributed by atoms with van der Waals surface area (Å²) in [5.41, 5.74) is -0.0827. The van der Waals surface area contributed by atoms with Crippen LogP contribution in [0.4, 0.5) is 5.69 Å². The molecule has 20 heavy (non-hydrogen) atoms. The largest absolute Gasteiger partial charge is 0.352 e. The molecule has 1 aromatic rings. The van der Waals surface area contributed by atoms with Crippen molar-refractivity contribution in [2.45, 2.75) is 26.2 Å². The summed E-state index contributed by atoms with van der Waals surface area (Å²) in [6, 6.07) is 4.26. The maximum absolute atomic E-state index is 12.1. The van der Waals surface area contributed by atoms with E-state index in [4.69, 9.17) is 11.6 Å². The summed E-state index contributed by atoms with van der Waals surface area (Å²) in [7, 11) is 0. The van der Waals surface area contributed by atoms with Gasteiger partial charge < -0.3 is 5.32 Å². The van der Waals surface area contributed by atoms with Gasteiger partial charge in [0.05, 0.1) is 10.5 Å². The van der Waals surface area contributed by atoms with Crippen molar-refractivity contribution in [3.8, 4) is 0 Å². The Labute approximate surface area is 122 Å². The molecule has 0 aliphatic heterocycles. The molecule has 1 aliphatic rings. The summed E-state index contributed by atoms with van der Waals surface area (Å²) < 4.78 is 0. The number of hydrogen-bond donors (Lipinski definition) is 1. The molecule has 2 unspecified atom stereocenters. The van der Waals surface area contributed by atoms with Gasteiger partial charge in [0.15, 0.2) is 0 Å². The summed E-state index contributed by atoms with van der Waals surface area (Å²) >= 11 is 5.91. The Morgan fingerprint density at radius 2 is 2.25 bits per heavy atom. The Hall–Kier alpha value is -1.62. The van der Waals surface area contributed by atoms with Gasteiger partial charge in [-0.05, 0) is 30.7 Å². The van der Waals surface area contributed by atoms with Crippen LogP contribution < -0.4 is 5.32 Å². The van der Waals surface area contributed by atoms with Crippen molar-refractivity contribution in [2.24, 2.45) is 11.8 Å². The molecule has 2 rings (SSSR count). The molecule has 1 amide bonds. The minimum Gasteiger partial charge on any atom is -0.352 e. The van der Waals surface area contributed by atoms with Gasteiger partial charge in [-0.25, -0.2) is 0 Å². The summed E-state index contributed by atoms with van der Waals surface area (Å²) in [6.45, 7) is 2.81. The molecule has 1 fully saturated rings. The van der Waals surface area contributed by atoms with Gasteiger partial charge in [-0.3, -0.25) is 14.9 Å². The van der Waals surface area contributed by atoms with Crippen LogP contribution in [-0.4, -0.2) is 17.4 Å². The van der Waals surface area contributed by atoms with Gasteiger partial charge in [0.1, 0.15) is 5.02 Å². The maximum Gasteiger partial charge on any atom is 0.288 e. The van der Waals surface area contributed by atoms with Crippen molar-refractivity contribution in [1.29, 1.82) is 0 Å². The molecule has 1 N–H and O–H groups in total. The predicted molar refractivity (Wildman–Crippen MR) is 76.9 cm³/mol. The van der Waals surface area contributed by atoms with Crippen molar-refractivity contribution in [3.63, 3.8) is 0 Å². The third kappa shape index (κ3) is 3.28. The van der Waals surface area contributed by atoms with Crippen LogP contribution in [0.2, 0.25) is 5.02 Å². The summed E-state index contributed by atoms with van der Waals surface area (Å²) in [6.07, 6.45) is 3.42. The fourth-order valence-electron chi connectivity index (χ4n) is 2.68. The number of amides is 1. The fraction of sp³-hybridized carbons (Fsp3) is 0.500. The average Bonchev–Trinajstić information content (AvgIpc) is 2.81. The van der Waals surface area contributed by atoms with Crippen molar-refractivity contribution in [2.75, 3.05) is 6.54 Å². The van der Waals surface area contributed by atoms with Gasteiger partial charge in [-0.1, -0.05) is 31.0 Å². The van der Waals surface area contributed by atoms with Gasteiger partial charge >= 0.3 is 0 Å². The van der Waals surface area contributed by atoms with E-state index in [1.54, 1.807) is 0 Å². The molecule has 0 bridgehead atoms. The lowest BCUT2D eigenvalue weighted by Crippen LogP contribution is -2.28. The molecule has 0 aromatic heterocycles. The highest BCUT2D eigenvalue weighted by atomic mass is 35.5. The molecular formula is C14H17ClN2O3. The van der Waals surface area contributed by atoms with Crippen LogP contribution in [-0.2, 0) is 0 Å². The quantitative estimate of drug-likeness (QED) is 0.683. The van der Waals surface area contributed by atoms with Gasteiger partial charge in [0.25, 0.3) is 11.6 Å². The topological polar surface area (TPSA) is 72.2 Å². The van der Waals surface area contributed by atoms with Gasteiger partial charge in [-0.2, -0.15) is 0 Å². The lowest BCUT2D eigenvalue weighted by molar-refractivity contribution is -0.384. The van der Waals surface area contributed by atoms with E-state index in [9.17, 15) is 14.9 Å². The monoisotopic (exact) mass is 296 g/mol. The molecule has 1 saturated carbocycles. The molecule has 1 aliphatic carbocycles. The number of carbonyl (C=O) groups excluding carboxylic acids is 1. The third-order valence-corrected chi connectivity index (χ3v) is 4.17. The number of halogens is 1. The number of carbonyl (C=O) groups is 1. The number of nitrogens with zero attached hydrogens (tertiary/aromatic N) is 1. The molecular weight excluding hydrogens is 280 g/mol. The van der Waals surface area contributed by atoms with Gasteiger partial charge in [-0.15, -0.1) is 0 Å². The Kier molecular flexibility index (Phi) is 4.60. The molecule has 1 aromatic carbocycles. The first-order valence-corrected chi connectivity index (χ1v) is 7.08. The molecule has 0 radical (unpaired) electrons. The van der Waals surface area contributed by atoms with E-state index in [1.807, 2.05) is 0 Å². The highest BCUT2D eigenvalue weighted by molar-refractivity contribution is 6.35. The first-order valence-electron chi connectivity index (χ1n) is 6.70. The van der Waals surface area contributed by atoms with E-state index >= 15 is 0 Å². The van der Waals surface area contributed by atoms with E-state index in [1.165, 1.54) is 24.6 Å². The molecule has 0 spiro atoms. The van der Waals surface area contributed by atoms with Crippen LogP contribution in [0.5, 0.6) is 0 Å². The number of rotatable bonds is 4. The van der Waals surface area contributed by atoms with Crippen LogP contribution in [0.3, 0.4) is 0 Å². The zero-order valence-electron chi connectivity index (χ0n) is 11.3. The van der Waals surface area contributed by atoms with Crippen LogP contribution >= 0.6 is 11.6 Å². The highest BCUT2D eigenvalue weighted by Crippen LogP contribution is 2.30. The lowest BCUT2D eigenvalue weighted by Gasteiger charge is -2.11. The Morgan fingerprint density at radius 3 is 2.85 bits per heavy atom. The van der Waals surface area contributed by atoms with Gasteiger partial charge in [0.2, 0.25) is 0 Å². The number of benzene rings is 1.